The van der Waals surface area contributed by atoms with Crippen LogP contribution in [-0.4, -0.2) is 40.4 Å². The van der Waals surface area contributed by atoms with Crippen molar-refractivity contribution in [2.45, 2.75) is 25.8 Å². The standard InChI is InChI=1S/C15H18N4O/c1-10-4-3-5-12-14(10)16-9-17-15(12)18-11-6-7-13(20)19(2)8-11/h3-5,9,11H,6-8H2,1-2H3,(H,16,17,18)/t11-/m0/s1. The molecule has 1 aromatic heterocycles. The minimum Gasteiger partial charge on any atom is -0.365 e. The molecule has 2 heterocycles. The molecule has 0 spiro atoms. The van der Waals surface area contributed by atoms with Crippen molar-refractivity contribution in [1.29, 1.82) is 0 Å². The third kappa shape index (κ3) is 2.31. The van der Waals surface area contributed by atoms with Gasteiger partial charge in [-0.05, 0) is 25.0 Å². The van der Waals surface area contributed by atoms with Crippen LogP contribution < -0.4 is 5.32 Å². The van der Waals surface area contributed by atoms with Crippen molar-refractivity contribution >= 4 is 22.6 Å². The first-order valence-corrected chi connectivity index (χ1v) is 6.86. The molecule has 20 heavy (non-hydrogen) atoms. The van der Waals surface area contributed by atoms with E-state index in [4.69, 9.17) is 0 Å². The molecule has 5 heteroatoms. The largest absolute Gasteiger partial charge is 0.365 e. The third-order valence-corrected chi connectivity index (χ3v) is 3.83. The first-order chi connectivity index (χ1) is 9.65. The summed E-state index contributed by atoms with van der Waals surface area (Å²) in [6.07, 6.45) is 3.03. The third-order valence-electron chi connectivity index (χ3n) is 3.83. The van der Waals surface area contributed by atoms with Gasteiger partial charge in [-0.2, -0.15) is 0 Å². The van der Waals surface area contributed by atoms with Gasteiger partial charge in [-0.15, -0.1) is 0 Å². The molecule has 5 nitrogen and oxygen atoms in total. The zero-order valence-electron chi connectivity index (χ0n) is 11.8. The molecule has 1 fully saturated rings. The molecule has 2 aromatic rings. The first-order valence-electron chi connectivity index (χ1n) is 6.86. The molecular formula is C15H18N4O. The Bertz CT molecular complexity index is 655. The second kappa shape index (κ2) is 5.07. The molecule has 1 aliphatic heterocycles. The Morgan fingerprint density at radius 2 is 2.20 bits per heavy atom. The van der Waals surface area contributed by atoms with Crippen molar-refractivity contribution in [3.8, 4) is 0 Å². The lowest BCUT2D eigenvalue weighted by atomic mass is 10.1. The van der Waals surface area contributed by atoms with Gasteiger partial charge in [-0.25, -0.2) is 9.97 Å². The number of piperidine rings is 1. The number of amides is 1. The lowest BCUT2D eigenvalue weighted by Crippen LogP contribution is -2.43. The minimum absolute atomic E-state index is 0.214. The molecule has 0 aliphatic carbocycles. The van der Waals surface area contributed by atoms with E-state index in [2.05, 4.69) is 15.3 Å². The van der Waals surface area contributed by atoms with Crippen LogP contribution in [-0.2, 0) is 4.79 Å². The summed E-state index contributed by atoms with van der Waals surface area (Å²) < 4.78 is 0. The predicted octanol–water partition coefficient (Wildman–Crippen LogP) is 1.97. The highest BCUT2D eigenvalue weighted by atomic mass is 16.2. The predicted molar refractivity (Wildman–Crippen MR) is 78.6 cm³/mol. The summed E-state index contributed by atoms with van der Waals surface area (Å²) in [5, 5.41) is 4.49. The van der Waals surface area contributed by atoms with Crippen LogP contribution in [0.1, 0.15) is 18.4 Å². The molecule has 0 radical (unpaired) electrons. The van der Waals surface area contributed by atoms with E-state index in [1.54, 1.807) is 11.2 Å². The van der Waals surface area contributed by atoms with E-state index in [9.17, 15) is 4.79 Å². The fourth-order valence-electron chi connectivity index (χ4n) is 2.67. The van der Waals surface area contributed by atoms with E-state index in [0.29, 0.717) is 6.42 Å². The van der Waals surface area contributed by atoms with Gasteiger partial charge in [-0.1, -0.05) is 12.1 Å². The topological polar surface area (TPSA) is 58.1 Å². The van der Waals surface area contributed by atoms with Crippen LogP contribution in [0.5, 0.6) is 0 Å². The number of aryl methyl sites for hydroxylation is 1. The van der Waals surface area contributed by atoms with Crippen molar-refractivity contribution in [2.75, 3.05) is 18.9 Å². The number of nitrogens with zero attached hydrogens (tertiary/aromatic N) is 3. The van der Waals surface area contributed by atoms with Gasteiger partial charge in [-0.3, -0.25) is 4.79 Å². The number of carbonyl (C=O) groups excluding carboxylic acids is 1. The van der Waals surface area contributed by atoms with Crippen LogP contribution in [0.2, 0.25) is 0 Å². The maximum absolute atomic E-state index is 11.5. The number of benzene rings is 1. The minimum atomic E-state index is 0.214. The molecule has 1 N–H and O–H groups in total. The van der Waals surface area contributed by atoms with E-state index < -0.39 is 0 Å². The molecule has 0 unspecified atom stereocenters. The van der Waals surface area contributed by atoms with Crippen LogP contribution in [0.15, 0.2) is 24.5 Å². The number of carbonyl (C=O) groups is 1. The Morgan fingerprint density at radius 1 is 1.35 bits per heavy atom. The van der Waals surface area contributed by atoms with E-state index in [1.165, 1.54) is 0 Å². The van der Waals surface area contributed by atoms with Crippen LogP contribution in [0.3, 0.4) is 0 Å². The van der Waals surface area contributed by atoms with Crippen molar-refractivity contribution in [1.82, 2.24) is 14.9 Å². The number of nitrogens with one attached hydrogen (secondary N) is 1. The van der Waals surface area contributed by atoms with Gasteiger partial charge >= 0.3 is 0 Å². The molecule has 1 atom stereocenters. The number of likely N-dealkylation sites (N-methyl/N-ethyl adjacent to an activating group) is 1. The molecular weight excluding hydrogens is 252 g/mol. The van der Waals surface area contributed by atoms with Crippen molar-refractivity contribution in [2.24, 2.45) is 0 Å². The monoisotopic (exact) mass is 270 g/mol. The zero-order valence-corrected chi connectivity index (χ0v) is 11.8. The van der Waals surface area contributed by atoms with Crippen LogP contribution in [0, 0.1) is 6.92 Å². The van der Waals surface area contributed by atoms with Crippen molar-refractivity contribution < 1.29 is 4.79 Å². The number of aromatic nitrogens is 2. The maximum atomic E-state index is 11.5. The highest BCUT2D eigenvalue weighted by Crippen LogP contribution is 2.23. The number of anilines is 1. The first kappa shape index (κ1) is 12.8. The second-order valence-electron chi connectivity index (χ2n) is 5.35. The van der Waals surface area contributed by atoms with Crippen LogP contribution >= 0.6 is 0 Å². The van der Waals surface area contributed by atoms with Gasteiger partial charge in [0.15, 0.2) is 0 Å². The van der Waals surface area contributed by atoms with Gasteiger partial charge < -0.3 is 10.2 Å². The summed E-state index contributed by atoms with van der Waals surface area (Å²) in [5.41, 5.74) is 2.12. The molecule has 104 valence electrons. The summed E-state index contributed by atoms with van der Waals surface area (Å²) in [6.45, 7) is 2.77. The maximum Gasteiger partial charge on any atom is 0.222 e. The highest BCUT2D eigenvalue weighted by Gasteiger charge is 2.23. The quantitative estimate of drug-likeness (QED) is 0.906. The Morgan fingerprint density at radius 3 is 3.00 bits per heavy atom. The van der Waals surface area contributed by atoms with Crippen LogP contribution in [0.25, 0.3) is 10.9 Å². The highest BCUT2D eigenvalue weighted by molar-refractivity contribution is 5.91. The van der Waals surface area contributed by atoms with Gasteiger partial charge in [0.05, 0.1) is 5.52 Å². The molecule has 1 amide bonds. The Labute approximate surface area is 118 Å². The number of hydrogen-bond donors (Lipinski definition) is 1. The summed E-state index contributed by atoms with van der Waals surface area (Å²) in [5.74, 6) is 1.07. The normalized spacial score (nSPS) is 19.4. The summed E-state index contributed by atoms with van der Waals surface area (Å²) in [7, 11) is 1.85. The lowest BCUT2D eigenvalue weighted by molar-refractivity contribution is -0.132. The molecule has 0 saturated carbocycles. The zero-order chi connectivity index (χ0) is 14.1. The smallest absolute Gasteiger partial charge is 0.222 e. The van der Waals surface area contributed by atoms with Crippen LogP contribution in [0.4, 0.5) is 5.82 Å². The van der Waals surface area contributed by atoms with Crippen molar-refractivity contribution in [3.63, 3.8) is 0 Å². The number of rotatable bonds is 2. The van der Waals surface area contributed by atoms with Crippen molar-refractivity contribution in [3.05, 3.63) is 30.1 Å². The number of likely N-dealkylation sites (tertiary alicyclic amines) is 1. The van der Waals surface area contributed by atoms with E-state index in [0.717, 1.165) is 35.2 Å². The average molecular weight is 270 g/mol. The molecule has 0 bridgehead atoms. The fraction of sp³-hybridized carbons (Fsp3) is 0.400. The second-order valence-corrected chi connectivity index (χ2v) is 5.35. The Balaban J connectivity index is 1.88. The Hall–Kier alpha value is -2.17. The van der Waals surface area contributed by atoms with E-state index in [1.807, 2.05) is 32.2 Å². The van der Waals surface area contributed by atoms with E-state index >= 15 is 0 Å². The summed E-state index contributed by atoms with van der Waals surface area (Å²) in [4.78, 5) is 22.0. The van der Waals surface area contributed by atoms with Gasteiger partial charge in [0.1, 0.15) is 12.1 Å². The molecule has 1 aromatic carbocycles. The summed E-state index contributed by atoms with van der Waals surface area (Å²) in [6, 6.07) is 6.34. The van der Waals surface area contributed by atoms with E-state index in [-0.39, 0.29) is 11.9 Å². The van der Waals surface area contributed by atoms with Gasteiger partial charge in [0.2, 0.25) is 5.91 Å². The average Bonchev–Trinajstić information content (AvgIpc) is 2.44. The SMILES string of the molecule is Cc1cccc2c(N[C@H]3CCC(=O)N(C)C3)ncnc12. The number of hydrogen-bond acceptors (Lipinski definition) is 4. The fourth-order valence-corrected chi connectivity index (χ4v) is 2.67. The molecule has 3 rings (SSSR count). The van der Waals surface area contributed by atoms with Gasteiger partial charge in [0.25, 0.3) is 0 Å². The number of para-hydroxylation sites is 1. The number of fused-ring (bicyclic) bond motifs is 1. The van der Waals surface area contributed by atoms with Gasteiger partial charge in [0, 0.05) is 31.4 Å². The molecule has 1 saturated heterocycles. The summed E-state index contributed by atoms with van der Waals surface area (Å²) >= 11 is 0. The molecule has 1 aliphatic rings. The lowest BCUT2D eigenvalue weighted by Gasteiger charge is -2.30. The Kier molecular flexibility index (Phi) is 3.26.